The van der Waals surface area contributed by atoms with Gasteiger partial charge in [0.1, 0.15) is 0 Å². The Morgan fingerprint density at radius 2 is 0.722 bits per heavy atom. The number of halogens is 1. The fourth-order valence-corrected chi connectivity index (χ4v) is 10.2. The van der Waals surface area contributed by atoms with Crippen LogP contribution in [0.4, 0.5) is 5.69 Å². The van der Waals surface area contributed by atoms with Crippen molar-refractivity contribution in [3.8, 4) is 0 Å². The third-order valence-electron chi connectivity index (χ3n) is 7.64. The molecule has 0 fully saturated rings. The molecule has 0 amide bonds. The van der Waals surface area contributed by atoms with Gasteiger partial charge in [0.15, 0.2) is 0 Å². The summed E-state index contributed by atoms with van der Waals surface area (Å²) >= 11 is 0. The Labute approximate surface area is 345 Å². The largest absolute Gasteiger partial charge is 0.310 e. The van der Waals surface area contributed by atoms with E-state index in [9.17, 15) is 0 Å². The molecule has 286 valence electrons. The zero-order chi connectivity index (χ0) is 38.1. The van der Waals surface area contributed by atoms with E-state index in [0.29, 0.717) is 0 Å². The van der Waals surface area contributed by atoms with Crippen LogP contribution < -0.4 is 44.7 Å². The molecule has 6 aromatic rings. The zero-order valence-electron chi connectivity index (χ0n) is 31.1. The number of hydrogen-bond donors (Lipinski definition) is 3. The number of nitrogens with one attached hydrogen (secondary N) is 1. The van der Waals surface area contributed by atoms with Gasteiger partial charge in [-0.3, -0.25) is 13.6 Å². The van der Waals surface area contributed by atoms with E-state index >= 15 is 0 Å². The summed E-state index contributed by atoms with van der Waals surface area (Å²) in [6.45, 7) is 10.8. The summed E-state index contributed by atoms with van der Waals surface area (Å²) in [7, 11) is -0.516. The number of aliphatic hydroxyl groups excluding tert-OH is 1. The van der Waals surface area contributed by atoms with Crippen molar-refractivity contribution in [1.29, 1.82) is 0 Å². The van der Waals surface area contributed by atoms with Crippen LogP contribution in [0.2, 0.25) is 0 Å². The molecule has 0 saturated carbocycles. The fourth-order valence-electron chi connectivity index (χ4n) is 5.19. The van der Waals surface area contributed by atoms with E-state index < -0.39 is 15.8 Å². The van der Waals surface area contributed by atoms with E-state index in [1.54, 1.807) is 0 Å². The minimum absolute atomic E-state index is 0. The van der Waals surface area contributed by atoms with Gasteiger partial charge in [0.25, 0.3) is 0 Å². The number of nitrogens with two attached hydrogens (primary N) is 1. The summed E-state index contributed by atoms with van der Waals surface area (Å²) in [5, 5.41) is 16.8. The summed E-state index contributed by atoms with van der Waals surface area (Å²) in [6.07, 6.45) is 3.55. The summed E-state index contributed by atoms with van der Waals surface area (Å²) in [6, 6.07) is 64.2. The molecule has 0 aliphatic carbocycles. The molecule has 4 N–H and O–H groups in total. The van der Waals surface area contributed by atoms with Crippen molar-refractivity contribution in [3.05, 3.63) is 188 Å². The van der Waals surface area contributed by atoms with Gasteiger partial charge in [-0.05, 0) is 72.6 Å². The Bertz CT molecular complexity index is 1480. The Morgan fingerprint density at radius 3 is 0.926 bits per heavy atom. The summed E-state index contributed by atoms with van der Waals surface area (Å²) in [5.41, 5.74) is 7.59. The van der Waals surface area contributed by atoms with Gasteiger partial charge < -0.3 is 38.2 Å². The molecule has 0 spiro atoms. The number of carbonyl (C=O) groups excluding carboxylic acids is 2. The van der Waals surface area contributed by atoms with Crippen LogP contribution in [0.15, 0.2) is 182 Å². The standard InChI is InChI=1S/C28H29NP2.C8H10.C6H7N.CH4O.2CHO.ClH.Ru.H/c1-5-13-25(14-6-1)30(26-15-7-2-8-16-26)23-21-29-22-24-31(27-17-9-3-10-18-27)28-19-11-4-12-20-28;1-2-8-6-4-3-5-7-8;7-6-4-2-1-3-5-6;3*1-2;;;/h1-20,29H,21-24H2;3-7H,2H2,1H3;1-5H,7H2;2H,1H3;2*1H;1H;;/q;;;;2*-1;;+3;/p+1. The molecule has 5 nitrogen and oxygen atoms in total. The first-order valence-corrected chi connectivity index (χ1v) is 20.6. The topological polar surface area (TPSA) is 92.4 Å². The Balaban J connectivity index is 0. The number of aryl methyl sites for hydroxylation is 1. The van der Waals surface area contributed by atoms with Gasteiger partial charge in [-0.1, -0.05) is 128 Å². The van der Waals surface area contributed by atoms with Crippen molar-refractivity contribution in [1.82, 2.24) is 5.32 Å². The average molecular weight is 870 g/mol. The SMILES string of the molecule is CCc1ccccc1.CO.Nc1ccccc1.[CH-]=O.[CH-]=O.[Cl-].[RuH+3].c1ccc([PH+](CCNCC[PH+](c2ccccc2)c2ccccc2)c2ccccc2)cc1. The molecule has 0 aromatic heterocycles. The van der Waals surface area contributed by atoms with Gasteiger partial charge in [-0.2, -0.15) is 0 Å². The van der Waals surface area contributed by atoms with Crippen molar-refractivity contribution in [2.45, 2.75) is 13.3 Å². The van der Waals surface area contributed by atoms with Crippen molar-refractivity contribution < 1.29 is 46.6 Å². The van der Waals surface area contributed by atoms with Gasteiger partial charge in [0, 0.05) is 25.9 Å². The molecular weight excluding hydrogens is 815 g/mol. The molecule has 0 unspecified atom stereocenters. The maximum atomic E-state index is 7.75. The molecule has 6 aromatic carbocycles. The van der Waals surface area contributed by atoms with Crippen LogP contribution in [0.1, 0.15) is 12.5 Å². The average Bonchev–Trinajstić information content (AvgIpc) is 3.25. The number of para-hydroxylation sites is 1. The normalized spacial score (nSPS) is 9.13. The van der Waals surface area contributed by atoms with Gasteiger partial charge in [0.2, 0.25) is 0 Å². The van der Waals surface area contributed by atoms with Gasteiger partial charge in [0.05, 0.1) is 49.4 Å². The molecule has 54 heavy (non-hydrogen) atoms. The number of anilines is 1. The number of aliphatic hydroxyl groups is 1. The first kappa shape index (κ1) is 52.3. The van der Waals surface area contributed by atoms with Gasteiger partial charge >= 0.3 is 19.5 Å². The zero-order valence-corrected chi connectivity index (χ0v) is 35.7. The van der Waals surface area contributed by atoms with Crippen molar-refractivity contribution in [2.24, 2.45) is 0 Å². The third kappa shape index (κ3) is 21.8. The monoisotopic (exact) mass is 870 g/mol. The summed E-state index contributed by atoms with van der Waals surface area (Å²) in [4.78, 5) is 15.5. The molecule has 0 atom stereocenters. The van der Waals surface area contributed by atoms with Crippen LogP contribution >= 0.6 is 15.8 Å². The Kier molecular flexibility index (Phi) is 35.0. The Hall–Kier alpha value is -3.85. The quantitative estimate of drug-likeness (QED) is 0.0463. The van der Waals surface area contributed by atoms with Gasteiger partial charge in [-0.25, -0.2) is 0 Å². The fraction of sp³-hybridized carbons (Fsp3) is 0.156. The third-order valence-corrected chi connectivity index (χ3v) is 13.3. The molecular formula is C45H55ClN2O3P2Ru+2. The second-order valence-corrected chi connectivity index (χ2v) is 16.1. The van der Waals surface area contributed by atoms with Crippen molar-refractivity contribution in [2.75, 3.05) is 38.3 Å². The Morgan fingerprint density at radius 1 is 0.481 bits per heavy atom. The van der Waals surface area contributed by atoms with Crippen molar-refractivity contribution >= 4 is 56.3 Å². The first-order chi connectivity index (χ1) is 25.7. The van der Waals surface area contributed by atoms with Crippen LogP contribution in [-0.2, 0) is 35.5 Å². The van der Waals surface area contributed by atoms with Gasteiger partial charge in [-0.15, -0.1) is 0 Å². The molecule has 0 aliphatic rings. The predicted octanol–water partition coefficient (Wildman–Crippen LogP) is 3.62. The minimum Gasteiger partial charge on any atom is -0.310 e. The maximum Gasteiger partial charge on any atom is 0.0967 e. The van der Waals surface area contributed by atoms with Crippen molar-refractivity contribution in [3.63, 3.8) is 0 Å². The van der Waals surface area contributed by atoms with E-state index in [1.165, 1.54) is 39.1 Å². The molecule has 1 radical (unpaired) electrons. The first-order valence-electron chi connectivity index (χ1n) is 17.1. The number of benzene rings is 6. The molecule has 9 heteroatoms. The smallest absolute Gasteiger partial charge is 0.0967 e. The second-order valence-electron chi connectivity index (χ2n) is 10.9. The molecule has 0 saturated heterocycles. The van der Waals surface area contributed by atoms with E-state index in [0.717, 1.165) is 32.3 Å². The number of nitrogen functional groups attached to an aromatic ring is 1. The van der Waals surface area contributed by atoms with Crippen LogP contribution in [0, 0.1) is 0 Å². The predicted molar refractivity (Wildman–Crippen MR) is 233 cm³/mol. The molecule has 6 rings (SSSR count). The number of hydrogen-bond acceptors (Lipinski definition) is 5. The number of rotatable bonds is 11. The minimum atomic E-state index is -0.758. The summed E-state index contributed by atoms with van der Waals surface area (Å²) in [5.74, 6) is 0. The molecule has 0 bridgehead atoms. The molecule has 0 aliphatic heterocycles. The van der Waals surface area contributed by atoms with Crippen LogP contribution in [0.25, 0.3) is 0 Å². The van der Waals surface area contributed by atoms with E-state index in [1.807, 2.05) is 36.4 Å². The van der Waals surface area contributed by atoms with Crippen LogP contribution in [-0.4, -0.2) is 51.2 Å². The summed E-state index contributed by atoms with van der Waals surface area (Å²) < 4.78 is 0. The maximum absolute atomic E-state index is 7.75. The van der Waals surface area contributed by atoms with Crippen LogP contribution in [0.3, 0.4) is 0 Å². The van der Waals surface area contributed by atoms with E-state index in [2.05, 4.69) is 171 Å². The molecule has 0 heterocycles. The van der Waals surface area contributed by atoms with Crippen LogP contribution in [0.5, 0.6) is 0 Å². The second kappa shape index (κ2) is 36.1. The van der Waals surface area contributed by atoms with E-state index in [-0.39, 0.29) is 31.9 Å². The van der Waals surface area contributed by atoms with E-state index in [4.69, 9.17) is 20.4 Å².